The summed E-state index contributed by atoms with van der Waals surface area (Å²) in [6, 6.07) is 11.6. The van der Waals surface area contributed by atoms with Gasteiger partial charge in [-0.3, -0.25) is 4.79 Å². The van der Waals surface area contributed by atoms with E-state index in [4.69, 9.17) is 16.3 Å². The highest BCUT2D eigenvalue weighted by Crippen LogP contribution is 2.31. The van der Waals surface area contributed by atoms with Gasteiger partial charge in [-0.2, -0.15) is 0 Å². The second-order valence-corrected chi connectivity index (χ2v) is 5.75. The van der Waals surface area contributed by atoms with Crippen molar-refractivity contribution in [2.24, 2.45) is 7.05 Å². The highest BCUT2D eigenvalue weighted by molar-refractivity contribution is 6.30. The molecule has 3 rings (SSSR count). The second-order valence-electron chi connectivity index (χ2n) is 5.31. The van der Waals surface area contributed by atoms with Crippen LogP contribution in [0.15, 0.2) is 47.3 Å². The van der Waals surface area contributed by atoms with Crippen LogP contribution in [0.3, 0.4) is 0 Å². The van der Waals surface area contributed by atoms with Crippen LogP contribution in [0.5, 0.6) is 17.2 Å². The van der Waals surface area contributed by atoms with E-state index in [0.717, 1.165) is 7.11 Å². The smallest absolute Gasteiger partial charge is 0.347 e. The lowest BCUT2D eigenvalue weighted by molar-refractivity contribution is 0.0595. The van der Waals surface area contributed by atoms with Gasteiger partial charge in [-0.25, -0.2) is 4.79 Å². The summed E-state index contributed by atoms with van der Waals surface area (Å²) in [5.41, 5.74) is -0.633. The van der Waals surface area contributed by atoms with E-state index < -0.39 is 22.8 Å². The Kier molecular flexibility index (Phi) is 4.37. The largest absolute Gasteiger partial charge is 0.506 e. The molecule has 0 fully saturated rings. The Bertz CT molecular complexity index is 1020. The highest BCUT2D eigenvalue weighted by Gasteiger charge is 2.22. The molecular weight excluding hydrogens is 346 g/mol. The number of carbonyl (C=O) groups is 1. The average molecular weight is 360 g/mol. The molecule has 1 heterocycles. The van der Waals surface area contributed by atoms with Gasteiger partial charge in [0.15, 0.2) is 5.56 Å². The quantitative estimate of drug-likeness (QED) is 0.724. The summed E-state index contributed by atoms with van der Waals surface area (Å²) in [5.74, 6) is -0.260. The Morgan fingerprint density at radius 1 is 1.12 bits per heavy atom. The number of esters is 1. The monoisotopic (exact) mass is 359 g/mol. The van der Waals surface area contributed by atoms with Gasteiger partial charge in [-0.1, -0.05) is 11.6 Å². The number of benzene rings is 2. The Labute approximate surface area is 147 Å². The molecule has 1 N–H and O–H groups in total. The fourth-order valence-corrected chi connectivity index (χ4v) is 2.62. The Morgan fingerprint density at radius 2 is 1.76 bits per heavy atom. The number of hydrogen-bond donors (Lipinski definition) is 1. The van der Waals surface area contributed by atoms with Crippen LogP contribution in [-0.2, 0) is 11.8 Å². The van der Waals surface area contributed by atoms with Crippen molar-refractivity contribution in [2.75, 3.05) is 7.11 Å². The molecule has 0 bridgehead atoms. The molecule has 2 aromatic carbocycles. The zero-order valence-corrected chi connectivity index (χ0v) is 14.2. The fourth-order valence-electron chi connectivity index (χ4n) is 2.49. The van der Waals surface area contributed by atoms with Crippen LogP contribution in [0.2, 0.25) is 5.02 Å². The first-order chi connectivity index (χ1) is 11.9. The Balaban J connectivity index is 2.12. The van der Waals surface area contributed by atoms with E-state index in [1.807, 2.05) is 0 Å². The summed E-state index contributed by atoms with van der Waals surface area (Å²) >= 11 is 5.84. The maximum Gasteiger partial charge on any atom is 0.347 e. The zero-order chi connectivity index (χ0) is 18.1. The normalized spacial score (nSPS) is 10.7. The molecule has 0 radical (unpaired) electrons. The van der Waals surface area contributed by atoms with E-state index in [0.29, 0.717) is 27.4 Å². The van der Waals surface area contributed by atoms with Gasteiger partial charge < -0.3 is 19.1 Å². The van der Waals surface area contributed by atoms with Crippen LogP contribution < -0.4 is 10.3 Å². The number of halogens is 1. The van der Waals surface area contributed by atoms with Crippen LogP contribution in [-0.4, -0.2) is 22.8 Å². The predicted molar refractivity (Wildman–Crippen MR) is 93.7 cm³/mol. The minimum atomic E-state index is -0.888. The van der Waals surface area contributed by atoms with Crippen molar-refractivity contribution < 1.29 is 19.4 Å². The SMILES string of the molecule is COC(=O)c1c(O)c2ccc(Oc3ccc(Cl)cc3)cc2n(C)c1=O. The molecule has 0 aliphatic rings. The number of aromatic hydroxyl groups is 1. The minimum Gasteiger partial charge on any atom is -0.506 e. The van der Waals surface area contributed by atoms with Crippen molar-refractivity contribution in [1.82, 2.24) is 4.57 Å². The molecule has 0 saturated carbocycles. The summed E-state index contributed by atoms with van der Waals surface area (Å²) in [4.78, 5) is 24.1. The van der Waals surface area contributed by atoms with E-state index in [9.17, 15) is 14.7 Å². The van der Waals surface area contributed by atoms with Gasteiger partial charge in [-0.15, -0.1) is 0 Å². The maximum atomic E-state index is 12.4. The number of ether oxygens (including phenoxy) is 2. The van der Waals surface area contributed by atoms with E-state index in [1.165, 1.54) is 11.6 Å². The Hall–Kier alpha value is -2.99. The van der Waals surface area contributed by atoms with Gasteiger partial charge in [0, 0.05) is 23.5 Å². The third-order valence-electron chi connectivity index (χ3n) is 3.78. The first-order valence-corrected chi connectivity index (χ1v) is 7.67. The van der Waals surface area contributed by atoms with Crippen LogP contribution >= 0.6 is 11.6 Å². The van der Waals surface area contributed by atoms with E-state index in [-0.39, 0.29) is 0 Å². The lowest BCUT2D eigenvalue weighted by Gasteiger charge is -2.12. The molecule has 0 spiro atoms. The van der Waals surface area contributed by atoms with Crippen molar-refractivity contribution in [3.8, 4) is 17.2 Å². The molecule has 128 valence electrons. The average Bonchev–Trinajstić information content (AvgIpc) is 2.61. The van der Waals surface area contributed by atoms with Crippen LogP contribution in [0, 0.1) is 0 Å². The van der Waals surface area contributed by atoms with E-state index >= 15 is 0 Å². The lowest BCUT2D eigenvalue weighted by atomic mass is 10.1. The maximum absolute atomic E-state index is 12.4. The number of methoxy groups -OCH3 is 1. The van der Waals surface area contributed by atoms with Crippen LogP contribution in [0.4, 0.5) is 0 Å². The molecule has 0 saturated heterocycles. The molecule has 0 amide bonds. The number of rotatable bonds is 3. The highest BCUT2D eigenvalue weighted by atomic mass is 35.5. The number of aryl methyl sites for hydroxylation is 1. The zero-order valence-electron chi connectivity index (χ0n) is 13.4. The van der Waals surface area contributed by atoms with Gasteiger partial charge in [0.25, 0.3) is 5.56 Å². The molecule has 25 heavy (non-hydrogen) atoms. The molecule has 0 aliphatic carbocycles. The standard InChI is InChI=1S/C18H14ClNO5/c1-20-14-9-12(25-11-5-3-10(19)4-6-11)7-8-13(14)16(21)15(17(20)22)18(23)24-2/h3-9,21H,1-2H3. The first kappa shape index (κ1) is 16.9. The summed E-state index contributed by atoms with van der Waals surface area (Å²) in [6.07, 6.45) is 0. The van der Waals surface area contributed by atoms with Crippen molar-refractivity contribution in [1.29, 1.82) is 0 Å². The summed E-state index contributed by atoms with van der Waals surface area (Å²) in [5, 5.41) is 11.2. The number of nitrogens with zero attached hydrogens (tertiary/aromatic N) is 1. The molecular formula is C18H14ClNO5. The number of pyridine rings is 1. The molecule has 3 aromatic rings. The molecule has 0 atom stereocenters. The molecule has 6 nitrogen and oxygen atoms in total. The summed E-state index contributed by atoms with van der Waals surface area (Å²) in [6.45, 7) is 0. The number of fused-ring (bicyclic) bond motifs is 1. The first-order valence-electron chi connectivity index (χ1n) is 7.30. The minimum absolute atomic E-state index is 0.339. The molecule has 0 unspecified atom stereocenters. The van der Waals surface area contributed by atoms with E-state index in [2.05, 4.69) is 4.74 Å². The van der Waals surface area contributed by atoms with Crippen LogP contribution in [0.25, 0.3) is 10.9 Å². The lowest BCUT2D eigenvalue weighted by Crippen LogP contribution is -2.25. The second kappa shape index (κ2) is 6.49. The van der Waals surface area contributed by atoms with Crippen molar-refractivity contribution in [3.05, 3.63) is 63.4 Å². The molecule has 7 heteroatoms. The Morgan fingerprint density at radius 3 is 2.40 bits per heavy atom. The van der Waals surface area contributed by atoms with Crippen molar-refractivity contribution in [3.63, 3.8) is 0 Å². The number of aromatic nitrogens is 1. The van der Waals surface area contributed by atoms with Crippen LogP contribution in [0.1, 0.15) is 10.4 Å². The summed E-state index contributed by atoms with van der Waals surface area (Å²) < 4.78 is 11.6. The van der Waals surface area contributed by atoms with Gasteiger partial charge in [0.05, 0.1) is 12.6 Å². The van der Waals surface area contributed by atoms with E-state index in [1.54, 1.807) is 42.5 Å². The topological polar surface area (TPSA) is 77.8 Å². The van der Waals surface area contributed by atoms with Crippen molar-refractivity contribution >= 4 is 28.5 Å². The number of carbonyl (C=O) groups excluding carboxylic acids is 1. The predicted octanol–water partition coefficient (Wildman–Crippen LogP) is 3.48. The molecule has 1 aromatic heterocycles. The third-order valence-corrected chi connectivity index (χ3v) is 4.03. The van der Waals surface area contributed by atoms with Crippen molar-refractivity contribution in [2.45, 2.75) is 0 Å². The molecule has 0 aliphatic heterocycles. The summed E-state index contributed by atoms with van der Waals surface area (Å²) in [7, 11) is 2.65. The van der Waals surface area contributed by atoms with Gasteiger partial charge in [0.2, 0.25) is 0 Å². The fraction of sp³-hybridized carbons (Fsp3) is 0.111. The number of hydrogen-bond acceptors (Lipinski definition) is 5. The third kappa shape index (κ3) is 3.04. The van der Waals surface area contributed by atoms with Gasteiger partial charge >= 0.3 is 5.97 Å². The van der Waals surface area contributed by atoms with Gasteiger partial charge in [0.1, 0.15) is 17.2 Å². The van der Waals surface area contributed by atoms with Gasteiger partial charge in [-0.05, 0) is 36.4 Å².